The van der Waals surface area contributed by atoms with Crippen LogP contribution in [0.1, 0.15) is 12.0 Å². The molecule has 0 amide bonds. The van der Waals surface area contributed by atoms with Gasteiger partial charge in [0.15, 0.2) is 5.78 Å². The number of aliphatic hydroxyl groups excluding tert-OH is 4. The van der Waals surface area contributed by atoms with Crippen LogP contribution in [0.3, 0.4) is 0 Å². The van der Waals surface area contributed by atoms with Crippen LogP contribution in [0.25, 0.3) is 17.2 Å². The highest BCUT2D eigenvalue weighted by atomic mass is 16.5. The van der Waals surface area contributed by atoms with Crippen molar-refractivity contribution >= 4 is 11.9 Å². The molecule has 4 N–H and O–H groups in total. The van der Waals surface area contributed by atoms with Gasteiger partial charge in [0, 0.05) is 6.42 Å². The molecule has 0 unspecified atom stereocenters. The Morgan fingerprint density at radius 3 is 2.11 bits per heavy atom. The van der Waals surface area contributed by atoms with E-state index in [2.05, 4.69) is 0 Å². The summed E-state index contributed by atoms with van der Waals surface area (Å²) in [6.07, 6.45) is -3.41. The minimum atomic E-state index is -1.47. The number of aliphatic hydroxyl groups is 4. The molecule has 2 aromatic rings. The molecule has 3 rings (SSSR count). The van der Waals surface area contributed by atoms with Crippen LogP contribution < -0.4 is 0 Å². The number of ether oxygens (including phenoxy) is 1. The topological polar surface area (TPSA) is 107 Å². The smallest absolute Gasteiger partial charge is 0.158 e. The van der Waals surface area contributed by atoms with Gasteiger partial charge in [-0.2, -0.15) is 0 Å². The van der Waals surface area contributed by atoms with Gasteiger partial charge < -0.3 is 25.2 Å². The largest absolute Gasteiger partial charge is 0.394 e. The predicted molar refractivity (Wildman–Crippen MR) is 104 cm³/mol. The summed E-state index contributed by atoms with van der Waals surface area (Å²) in [4.78, 5) is 12.2. The van der Waals surface area contributed by atoms with E-state index < -0.39 is 37.1 Å². The summed E-state index contributed by atoms with van der Waals surface area (Å²) in [6.45, 7) is -0.515. The molecular formula is C22H24O6. The molecular weight excluding hydrogens is 360 g/mol. The van der Waals surface area contributed by atoms with Crippen LogP contribution in [-0.4, -0.2) is 63.3 Å². The maximum atomic E-state index is 12.2. The molecule has 5 atom stereocenters. The number of carbonyl (C=O) groups is 1. The van der Waals surface area contributed by atoms with Gasteiger partial charge in [-0.3, -0.25) is 4.79 Å². The Morgan fingerprint density at radius 1 is 0.857 bits per heavy atom. The molecule has 0 saturated carbocycles. The lowest BCUT2D eigenvalue weighted by molar-refractivity contribution is -0.229. The Kier molecular flexibility index (Phi) is 6.72. The highest BCUT2D eigenvalue weighted by Crippen LogP contribution is 2.24. The van der Waals surface area contributed by atoms with E-state index in [-0.39, 0.29) is 12.2 Å². The van der Waals surface area contributed by atoms with E-state index >= 15 is 0 Å². The van der Waals surface area contributed by atoms with Gasteiger partial charge >= 0.3 is 0 Å². The maximum absolute atomic E-state index is 12.2. The van der Waals surface area contributed by atoms with Crippen molar-refractivity contribution in [3.63, 3.8) is 0 Å². The summed E-state index contributed by atoms with van der Waals surface area (Å²) in [5.41, 5.74) is 3.03. The third kappa shape index (κ3) is 4.73. The molecule has 6 heteroatoms. The molecule has 2 aromatic carbocycles. The number of ketones is 1. The average Bonchev–Trinajstić information content (AvgIpc) is 2.73. The number of rotatable bonds is 6. The molecule has 0 radical (unpaired) electrons. The van der Waals surface area contributed by atoms with Crippen molar-refractivity contribution in [1.29, 1.82) is 0 Å². The normalized spacial score (nSPS) is 27.8. The van der Waals surface area contributed by atoms with Crippen LogP contribution in [0, 0.1) is 0 Å². The third-order valence-electron chi connectivity index (χ3n) is 4.87. The Morgan fingerprint density at radius 2 is 1.46 bits per heavy atom. The lowest BCUT2D eigenvalue weighted by Crippen LogP contribution is -2.58. The molecule has 1 aliphatic heterocycles. The zero-order chi connectivity index (χ0) is 20.1. The third-order valence-corrected chi connectivity index (χ3v) is 4.87. The number of benzene rings is 2. The average molecular weight is 384 g/mol. The maximum Gasteiger partial charge on any atom is 0.158 e. The van der Waals surface area contributed by atoms with E-state index in [1.807, 2.05) is 54.6 Å². The lowest BCUT2D eigenvalue weighted by atomic mass is 9.92. The van der Waals surface area contributed by atoms with E-state index in [0.29, 0.717) is 0 Å². The monoisotopic (exact) mass is 384 g/mol. The summed E-state index contributed by atoms with van der Waals surface area (Å²) >= 11 is 0. The minimum absolute atomic E-state index is 0.167. The van der Waals surface area contributed by atoms with E-state index in [0.717, 1.165) is 16.7 Å². The molecule has 0 aromatic heterocycles. The van der Waals surface area contributed by atoms with E-state index in [4.69, 9.17) is 4.74 Å². The van der Waals surface area contributed by atoms with Gasteiger partial charge in [-0.05, 0) is 22.8 Å². The zero-order valence-electron chi connectivity index (χ0n) is 15.3. The fourth-order valence-corrected chi connectivity index (χ4v) is 3.22. The number of hydrogen-bond donors (Lipinski definition) is 4. The van der Waals surface area contributed by atoms with Crippen molar-refractivity contribution in [3.8, 4) is 11.1 Å². The van der Waals surface area contributed by atoms with E-state index in [1.165, 1.54) is 6.08 Å². The Hall–Kier alpha value is -2.35. The van der Waals surface area contributed by atoms with Crippen LogP contribution in [0.4, 0.5) is 0 Å². The minimum Gasteiger partial charge on any atom is -0.394 e. The highest BCUT2D eigenvalue weighted by Gasteiger charge is 2.43. The number of allylic oxidation sites excluding steroid dienone is 1. The standard InChI is InChI=1S/C22H24O6/c23-13-19-21(26)22(27)20(25)18(28-19)12-17(24)11-8-14-6-9-16(10-7-14)15-4-2-1-3-5-15/h1-11,18-23,25-27H,12-13H2/b11-8+/t18-,19+,20-,21-,22+/m0/s1. The van der Waals surface area contributed by atoms with Crippen molar-refractivity contribution < 1.29 is 30.0 Å². The molecule has 1 fully saturated rings. The molecule has 6 nitrogen and oxygen atoms in total. The van der Waals surface area contributed by atoms with Gasteiger partial charge in [-0.1, -0.05) is 60.7 Å². The highest BCUT2D eigenvalue weighted by molar-refractivity contribution is 5.94. The van der Waals surface area contributed by atoms with Crippen LogP contribution in [0.15, 0.2) is 60.7 Å². The fraction of sp³-hybridized carbons (Fsp3) is 0.318. The summed E-state index contributed by atoms with van der Waals surface area (Å²) in [5, 5.41) is 38.8. The quantitative estimate of drug-likeness (QED) is 0.557. The Labute approximate surface area is 163 Å². The Balaban J connectivity index is 1.60. The number of hydrogen-bond acceptors (Lipinski definition) is 6. The summed E-state index contributed by atoms with van der Waals surface area (Å²) in [5.74, 6) is -0.295. The number of carbonyl (C=O) groups excluding carboxylic acids is 1. The summed E-state index contributed by atoms with van der Waals surface area (Å²) in [7, 11) is 0. The summed E-state index contributed by atoms with van der Waals surface area (Å²) in [6, 6.07) is 17.7. The van der Waals surface area contributed by atoms with Gasteiger partial charge in [0.25, 0.3) is 0 Å². The molecule has 1 aliphatic rings. The lowest BCUT2D eigenvalue weighted by Gasteiger charge is -2.39. The first kappa shape index (κ1) is 20.4. The van der Waals surface area contributed by atoms with Crippen LogP contribution in [0.2, 0.25) is 0 Å². The van der Waals surface area contributed by atoms with Crippen molar-refractivity contribution in [2.24, 2.45) is 0 Å². The first-order valence-corrected chi connectivity index (χ1v) is 9.16. The first-order chi connectivity index (χ1) is 13.5. The van der Waals surface area contributed by atoms with Crippen LogP contribution in [0.5, 0.6) is 0 Å². The molecule has 0 aliphatic carbocycles. The van der Waals surface area contributed by atoms with E-state index in [9.17, 15) is 25.2 Å². The van der Waals surface area contributed by atoms with Crippen molar-refractivity contribution in [2.45, 2.75) is 36.9 Å². The molecule has 0 bridgehead atoms. The second-order valence-corrected chi connectivity index (χ2v) is 6.86. The second kappa shape index (κ2) is 9.23. The molecule has 148 valence electrons. The van der Waals surface area contributed by atoms with E-state index in [1.54, 1.807) is 6.08 Å². The zero-order valence-corrected chi connectivity index (χ0v) is 15.3. The van der Waals surface area contributed by atoms with Crippen LogP contribution >= 0.6 is 0 Å². The van der Waals surface area contributed by atoms with Gasteiger partial charge in [0.1, 0.15) is 24.4 Å². The molecule has 28 heavy (non-hydrogen) atoms. The second-order valence-electron chi connectivity index (χ2n) is 6.86. The summed E-state index contributed by atoms with van der Waals surface area (Å²) < 4.78 is 5.35. The van der Waals surface area contributed by atoms with Gasteiger partial charge in [0.05, 0.1) is 12.7 Å². The van der Waals surface area contributed by atoms with Gasteiger partial charge in [-0.25, -0.2) is 0 Å². The first-order valence-electron chi connectivity index (χ1n) is 9.16. The van der Waals surface area contributed by atoms with Crippen molar-refractivity contribution in [2.75, 3.05) is 6.61 Å². The molecule has 1 saturated heterocycles. The molecule has 0 spiro atoms. The van der Waals surface area contributed by atoms with Crippen LogP contribution in [-0.2, 0) is 9.53 Å². The fourth-order valence-electron chi connectivity index (χ4n) is 3.22. The van der Waals surface area contributed by atoms with Gasteiger partial charge in [0.2, 0.25) is 0 Å². The predicted octanol–water partition coefficient (Wildman–Crippen LogP) is 1.17. The Bertz CT molecular complexity index is 800. The van der Waals surface area contributed by atoms with Gasteiger partial charge in [-0.15, -0.1) is 0 Å². The van der Waals surface area contributed by atoms with Crippen molar-refractivity contribution in [3.05, 3.63) is 66.2 Å². The van der Waals surface area contributed by atoms with Crippen molar-refractivity contribution in [1.82, 2.24) is 0 Å². The molecule has 1 heterocycles. The SMILES string of the molecule is O=C(/C=C/c1ccc(-c2ccccc2)cc1)C[C@@H]1O[C@H](CO)[C@H](O)[C@H](O)[C@H]1O.